The summed E-state index contributed by atoms with van der Waals surface area (Å²) >= 11 is 1.34. The first kappa shape index (κ1) is 22.3. The van der Waals surface area contributed by atoms with Gasteiger partial charge in [-0.15, -0.1) is 0 Å². The number of carbonyl (C=O) groups is 2. The van der Waals surface area contributed by atoms with E-state index in [2.05, 4.69) is 20.3 Å². The summed E-state index contributed by atoms with van der Waals surface area (Å²) in [6.45, 7) is 6.03. The smallest absolute Gasteiger partial charge is 0.343 e. The third kappa shape index (κ3) is 4.98. The molecule has 8 nitrogen and oxygen atoms in total. The van der Waals surface area contributed by atoms with Crippen molar-refractivity contribution in [2.45, 2.75) is 20.8 Å². The molecule has 0 saturated carbocycles. The van der Waals surface area contributed by atoms with Gasteiger partial charge in [0.2, 0.25) is 0 Å². The second-order valence-electron chi connectivity index (χ2n) is 7.09. The number of aromatic nitrogens is 3. The van der Waals surface area contributed by atoms with Crippen LogP contribution in [-0.4, -0.2) is 40.1 Å². The van der Waals surface area contributed by atoms with Gasteiger partial charge in [0.25, 0.3) is 0 Å². The number of esters is 2. The topological polar surface area (TPSA) is 103 Å². The molecule has 0 fully saturated rings. The van der Waals surface area contributed by atoms with Crippen molar-refractivity contribution in [2.24, 2.45) is 0 Å². The van der Waals surface area contributed by atoms with E-state index in [0.717, 1.165) is 15.8 Å². The van der Waals surface area contributed by atoms with E-state index in [9.17, 15) is 9.59 Å². The molecule has 2 aromatic carbocycles. The SMILES string of the molecule is CCOC(=O)c1ccc2nc(Nc3nc(-c4cccc(C)c4)ncc3C(=O)OCC)sc2c1. The Hall–Kier alpha value is -3.85. The van der Waals surface area contributed by atoms with Gasteiger partial charge in [-0.1, -0.05) is 35.1 Å². The van der Waals surface area contributed by atoms with Crippen molar-refractivity contribution in [3.63, 3.8) is 0 Å². The second-order valence-corrected chi connectivity index (χ2v) is 8.12. The van der Waals surface area contributed by atoms with Gasteiger partial charge in [-0.3, -0.25) is 0 Å². The fraction of sp³-hybridized carbons (Fsp3) is 0.208. The number of hydrogen-bond acceptors (Lipinski definition) is 9. The molecule has 0 unspecified atom stereocenters. The number of nitrogens with zero attached hydrogens (tertiary/aromatic N) is 3. The first-order valence-electron chi connectivity index (χ1n) is 10.4. The molecule has 0 radical (unpaired) electrons. The molecule has 0 atom stereocenters. The van der Waals surface area contributed by atoms with Crippen molar-refractivity contribution in [3.8, 4) is 11.4 Å². The van der Waals surface area contributed by atoms with Crippen molar-refractivity contribution in [1.29, 1.82) is 0 Å². The molecule has 1 N–H and O–H groups in total. The average Bonchev–Trinajstić information content (AvgIpc) is 3.20. The van der Waals surface area contributed by atoms with Crippen LogP contribution in [0.4, 0.5) is 10.9 Å². The van der Waals surface area contributed by atoms with Gasteiger partial charge >= 0.3 is 11.9 Å². The Morgan fingerprint density at radius 1 is 1.00 bits per heavy atom. The summed E-state index contributed by atoms with van der Waals surface area (Å²) in [5.74, 6) is -0.142. The largest absolute Gasteiger partial charge is 0.462 e. The van der Waals surface area contributed by atoms with Crippen molar-refractivity contribution in [1.82, 2.24) is 15.0 Å². The molecule has 33 heavy (non-hydrogen) atoms. The van der Waals surface area contributed by atoms with Crippen LogP contribution in [-0.2, 0) is 9.47 Å². The Bertz CT molecular complexity index is 1340. The maximum atomic E-state index is 12.5. The Labute approximate surface area is 194 Å². The minimum Gasteiger partial charge on any atom is -0.462 e. The number of anilines is 2. The summed E-state index contributed by atoms with van der Waals surface area (Å²) in [7, 11) is 0. The van der Waals surface area contributed by atoms with Crippen LogP contribution in [0.1, 0.15) is 40.1 Å². The van der Waals surface area contributed by atoms with E-state index in [1.54, 1.807) is 32.0 Å². The molecule has 168 valence electrons. The van der Waals surface area contributed by atoms with E-state index in [1.807, 2.05) is 31.2 Å². The highest BCUT2D eigenvalue weighted by Gasteiger charge is 2.19. The predicted molar refractivity (Wildman–Crippen MR) is 127 cm³/mol. The maximum Gasteiger partial charge on any atom is 0.343 e. The number of carbonyl (C=O) groups excluding carboxylic acids is 2. The predicted octanol–water partition coefficient (Wildman–Crippen LogP) is 5.16. The van der Waals surface area contributed by atoms with E-state index < -0.39 is 5.97 Å². The highest BCUT2D eigenvalue weighted by molar-refractivity contribution is 7.22. The van der Waals surface area contributed by atoms with Gasteiger partial charge in [0.15, 0.2) is 16.8 Å². The molecular formula is C24H22N4O4S. The third-order valence-electron chi connectivity index (χ3n) is 4.69. The zero-order chi connectivity index (χ0) is 23.4. The van der Waals surface area contributed by atoms with Gasteiger partial charge in [0, 0.05) is 11.8 Å². The number of ether oxygens (including phenoxy) is 2. The van der Waals surface area contributed by atoms with E-state index >= 15 is 0 Å². The van der Waals surface area contributed by atoms with Crippen LogP contribution in [0.5, 0.6) is 0 Å². The highest BCUT2D eigenvalue weighted by atomic mass is 32.1. The van der Waals surface area contributed by atoms with Crippen molar-refractivity contribution < 1.29 is 19.1 Å². The molecule has 0 amide bonds. The summed E-state index contributed by atoms with van der Waals surface area (Å²) in [6.07, 6.45) is 1.46. The van der Waals surface area contributed by atoms with Gasteiger partial charge in [-0.2, -0.15) is 0 Å². The van der Waals surface area contributed by atoms with Crippen LogP contribution in [0.2, 0.25) is 0 Å². The molecular weight excluding hydrogens is 440 g/mol. The number of thiazole rings is 1. The van der Waals surface area contributed by atoms with E-state index in [4.69, 9.17) is 9.47 Å². The summed E-state index contributed by atoms with van der Waals surface area (Å²) in [6, 6.07) is 13.0. The summed E-state index contributed by atoms with van der Waals surface area (Å²) in [5, 5.41) is 3.66. The Morgan fingerprint density at radius 2 is 1.79 bits per heavy atom. The van der Waals surface area contributed by atoms with Gasteiger partial charge in [-0.25, -0.2) is 24.5 Å². The molecule has 2 heterocycles. The Kier molecular flexibility index (Phi) is 6.60. The fourth-order valence-electron chi connectivity index (χ4n) is 3.18. The molecule has 0 bridgehead atoms. The monoisotopic (exact) mass is 462 g/mol. The average molecular weight is 463 g/mol. The Balaban J connectivity index is 1.71. The zero-order valence-corrected chi connectivity index (χ0v) is 19.2. The normalized spacial score (nSPS) is 10.8. The summed E-state index contributed by atoms with van der Waals surface area (Å²) in [4.78, 5) is 38.1. The number of benzene rings is 2. The molecule has 0 aliphatic heterocycles. The molecule has 0 spiro atoms. The van der Waals surface area contributed by atoms with Crippen LogP contribution >= 0.6 is 11.3 Å². The molecule has 2 aromatic heterocycles. The van der Waals surface area contributed by atoms with Crippen LogP contribution in [0.3, 0.4) is 0 Å². The number of hydrogen-bond donors (Lipinski definition) is 1. The van der Waals surface area contributed by atoms with Crippen LogP contribution in [0, 0.1) is 6.92 Å². The zero-order valence-electron chi connectivity index (χ0n) is 18.4. The molecule has 0 saturated heterocycles. The van der Waals surface area contributed by atoms with E-state index in [1.165, 1.54) is 17.5 Å². The van der Waals surface area contributed by atoms with Crippen LogP contribution < -0.4 is 5.32 Å². The number of nitrogens with one attached hydrogen (secondary N) is 1. The second kappa shape index (κ2) is 9.74. The summed E-state index contributed by atoms with van der Waals surface area (Å²) < 4.78 is 11.0. The van der Waals surface area contributed by atoms with Crippen molar-refractivity contribution >= 4 is 44.4 Å². The van der Waals surface area contributed by atoms with Crippen molar-refractivity contribution in [2.75, 3.05) is 18.5 Å². The lowest BCUT2D eigenvalue weighted by atomic mass is 10.1. The number of rotatable bonds is 7. The minimum absolute atomic E-state index is 0.208. The lowest BCUT2D eigenvalue weighted by Crippen LogP contribution is -2.11. The highest BCUT2D eigenvalue weighted by Crippen LogP contribution is 2.31. The fourth-order valence-corrected chi connectivity index (χ4v) is 4.08. The first-order valence-corrected chi connectivity index (χ1v) is 11.3. The molecule has 9 heteroatoms. The van der Waals surface area contributed by atoms with E-state index in [0.29, 0.717) is 34.5 Å². The first-order chi connectivity index (χ1) is 16.0. The molecule has 4 aromatic rings. The lowest BCUT2D eigenvalue weighted by Gasteiger charge is -2.10. The maximum absolute atomic E-state index is 12.5. The van der Waals surface area contributed by atoms with Crippen LogP contribution in [0.25, 0.3) is 21.6 Å². The lowest BCUT2D eigenvalue weighted by molar-refractivity contribution is 0.0517. The molecule has 4 rings (SSSR count). The van der Waals surface area contributed by atoms with Gasteiger partial charge < -0.3 is 14.8 Å². The third-order valence-corrected chi connectivity index (χ3v) is 5.62. The van der Waals surface area contributed by atoms with E-state index in [-0.39, 0.29) is 18.1 Å². The molecule has 0 aliphatic rings. The quantitative estimate of drug-likeness (QED) is 0.376. The Morgan fingerprint density at radius 3 is 2.55 bits per heavy atom. The van der Waals surface area contributed by atoms with Crippen LogP contribution in [0.15, 0.2) is 48.7 Å². The summed E-state index contributed by atoms with van der Waals surface area (Å²) in [5.41, 5.74) is 3.27. The minimum atomic E-state index is -0.526. The number of fused-ring (bicyclic) bond motifs is 1. The van der Waals surface area contributed by atoms with Gasteiger partial charge in [0.05, 0.1) is 29.0 Å². The standard InChI is InChI=1S/C24H22N4O4S/c1-4-31-22(29)16-9-10-18-19(12-16)33-24(26-18)28-21-17(23(30)32-5-2)13-25-20(27-21)15-8-6-7-14(3)11-15/h6-13H,4-5H2,1-3H3,(H,25,26,27,28). The number of aryl methyl sites for hydroxylation is 1. The van der Waals surface area contributed by atoms with Gasteiger partial charge in [0.1, 0.15) is 5.56 Å². The van der Waals surface area contributed by atoms with Gasteiger partial charge in [-0.05, 0) is 45.0 Å². The van der Waals surface area contributed by atoms with Crippen molar-refractivity contribution in [3.05, 3.63) is 65.4 Å². The molecule has 0 aliphatic carbocycles.